The Kier molecular flexibility index (Phi) is 16.9. The second kappa shape index (κ2) is 17.8. The second-order valence-electron chi connectivity index (χ2n) is 8.53. The third-order valence-corrected chi connectivity index (χ3v) is 4.66. The zero-order chi connectivity index (χ0) is 21.1. The van der Waals surface area contributed by atoms with Gasteiger partial charge in [-0.25, -0.2) is 0 Å². The largest absolute Gasteiger partial charge is 0.465 e. The van der Waals surface area contributed by atoms with Crippen LogP contribution in [0.15, 0.2) is 12.2 Å². The molecule has 0 aromatic rings. The van der Waals surface area contributed by atoms with Gasteiger partial charge in [0.2, 0.25) is 0 Å². The highest BCUT2D eigenvalue weighted by Crippen LogP contribution is 2.17. The Morgan fingerprint density at radius 2 is 1.25 bits per heavy atom. The standard InChI is InChI=1S/C24H44O4/c1-5-7-9-11-13-15-17-19-23(26)28-21-24(3,4)20-27-22(25)18-16-14-12-10-8-6-2/h14,16H,5-13,15,17-21H2,1-4H3/b16-14+. The number of rotatable bonds is 18. The number of hydrogen-bond acceptors (Lipinski definition) is 4. The van der Waals surface area contributed by atoms with Crippen LogP contribution < -0.4 is 0 Å². The number of hydrogen-bond donors (Lipinski definition) is 0. The average molecular weight is 397 g/mol. The molecule has 0 atom stereocenters. The predicted molar refractivity (Wildman–Crippen MR) is 116 cm³/mol. The van der Waals surface area contributed by atoms with Gasteiger partial charge in [0.1, 0.15) is 0 Å². The van der Waals surface area contributed by atoms with Crippen molar-refractivity contribution in [2.24, 2.45) is 5.41 Å². The van der Waals surface area contributed by atoms with Gasteiger partial charge in [0.15, 0.2) is 0 Å². The number of carbonyl (C=O) groups is 2. The normalized spacial score (nSPS) is 11.7. The lowest BCUT2D eigenvalue weighted by Crippen LogP contribution is -2.28. The van der Waals surface area contributed by atoms with E-state index in [-0.39, 0.29) is 30.6 Å². The van der Waals surface area contributed by atoms with Crippen LogP contribution in [0.1, 0.15) is 111 Å². The smallest absolute Gasteiger partial charge is 0.309 e. The molecule has 0 amide bonds. The van der Waals surface area contributed by atoms with Crippen molar-refractivity contribution in [1.29, 1.82) is 0 Å². The Morgan fingerprint density at radius 3 is 1.89 bits per heavy atom. The lowest BCUT2D eigenvalue weighted by atomic mass is 9.96. The maximum absolute atomic E-state index is 11.9. The van der Waals surface area contributed by atoms with Crippen LogP contribution in [0.2, 0.25) is 0 Å². The maximum atomic E-state index is 11.9. The Balaban J connectivity index is 3.77. The van der Waals surface area contributed by atoms with Gasteiger partial charge < -0.3 is 9.47 Å². The third-order valence-electron chi connectivity index (χ3n) is 4.66. The summed E-state index contributed by atoms with van der Waals surface area (Å²) in [6.45, 7) is 8.83. The summed E-state index contributed by atoms with van der Waals surface area (Å²) in [5.41, 5.74) is -0.365. The summed E-state index contributed by atoms with van der Waals surface area (Å²) < 4.78 is 10.7. The summed E-state index contributed by atoms with van der Waals surface area (Å²) in [5, 5.41) is 0. The first-order chi connectivity index (χ1) is 13.4. The molecule has 0 bridgehead atoms. The fourth-order valence-electron chi connectivity index (χ4n) is 2.76. The zero-order valence-corrected chi connectivity index (χ0v) is 18.9. The minimum absolute atomic E-state index is 0.150. The van der Waals surface area contributed by atoms with Gasteiger partial charge in [-0.1, -0.05) is 91.2 Å². The Labute approximate surface area is 173 Å². The van der Waals surface area contributed by atoms with E-state index in [1.54, 1.807) is 0 Å². The van der Waals surface area contributed by atoms with Crippen LogP contribution in [0, 0.1) is 5.41 Å². The molecule has 28 heavy (non-hydrogen) atoms. The van der Waals surface area contributed by atoms with Crippen LogP contribution in [0.4, 0.5) is 0 Å². The average Bonchev–Trinajstić information content (AvgIpc) is 2.67. The summed E-state index contributed by atoms with van der Waals surface area (Å²) in [4.78, 5) is 23.7. The molecule has 0 saturated heterocycles. The summed E-state index contributed by atoms with van der Waals surface area (Å²) in [6, 6.07) is 0. The van der Waals surface area contributed by atoms with Crippen molar-refractivity contribution >= 4 is 11.9 Å². The van der Waals surface area contributed by atoms with E-state index < -0.39 is 0 Å². The van der Waals surface area contributed by atoms with Crippen LogP contribution in [-0.4, -0.2) is 25.2 Å². The van der Waals surface area contributed by atoms with Crippen LogP contribution in [0.5, 0.6) is 0 Å². The molecule has 0 aliphatic rings. The number of ether oxygens (including phenoxy) is 2. The highest BCUT2D eigenvalue weighted by atomic mass is 16.5. The SMILES string of the molecule is CCCCC/C=C/CC(=O)OCC(C)(C)COC(=O)CCCCCCCCC. The molecule has 0 aromatic heterocycles. The number of unbranched alkanes of at least 4 members (excludes halogenated alkanes) is 9. The molecule has 0 saturated carbocycles. The molecular weight excluding hydrogens is 352 g/mol. The van der Waals surface area contributed by atoms with Gasteiger partial charge in [-0.2, -0.15) is 0 Å². The fraction of sp³-hybridized carbons (Fsp3) is 0.833. The van der Waals surface area contributed by atoms with Crippen molar-refractivity contribution in [3.8, 4) is 0 Å². The lowest BCUT2D eigenvalue weighted by molar-refractivity contribution is -0.152. The molecule has 0 fully saturated rings. The highest BCUT2D eigenvalue weighted by Gasteiger charge is 2.22. The summed E-state index contributed by atoms with van der Waals surface area (Å²) in [5.74, 6) is -0.378. The molecule has 0 rings (SSSR count). The van der Waals surface area contributed by atoms with E-state index in [2.05, 4.69) is 13.8 Å². The van der Waals surface area contributed by atoms with Crippen molar-refractivity contribution in [2.75, 3.05) is 13.2 Å². The van der Waals surface area contributed by atoms with Crippen molar-refractivity contribution in [1.82, 2.24) is 0 Å². The maximum Gasteiger partial charge on any atom is 0.309 e. The summed E-state index contributed by atoms with van der Waals surface area (Å²) >= 11 is 0. The molecule has 0 heterocycles. The van der Waals surface area contributed by atoms with Gasteiger partial charge in [-0.3, -0.25) is 9.59 Å². The van der Waals surface area contributed by atoms with Gasteiger partial charge in [0, 0.05) is 11.8 Å². The number of esters is 2. The van der Waals surface area contributed by atoms with Gasteiger partial charge in [0.25, 0.3) is 0 Å². The van der Waals surface area contributed by atoms with E-state index in [1.807, 2.05) is 26.0 Å². The molecule has 0 N–H and O–H groups in total. The van der Waals surface area contributed by atoms with E-state index in [4.69, 9.17) is 9.47 Å². The molecule has 164 valence electrons. The topological polar surface area (TPSA) is 52.6 Å². The first-order valence-corrected chi connectivity index (χ1v) is 11.4. The number of allylic oxidation sites excluding steroid dienone is 1. The Hall–Kier alpha value is -1.32. The van der Waals surface area contributed by atoms with Crippen LogP contribution in [0.3, 0.4) is 0 Å². The molecule has 0 radical (unpaired) electrons. The van der Waals surface area contributed by atoms with Gasteiger partial charge >= 0.3 is 11.9 Å². The first kappa shape index (κ1) is 26.7. The van der Waals surface area contributed by atoms with Gasteiger partial charge in [-0.05, 0) is 19.3 Å². The molecule has 0 spiro atoms. The van der Waals surface area contributed by atoms with Gasteiger partial charge in [0.05, 0.1) is 19.6 Å². The van der Waals surface area contributed by atoms with E-state index in [0.717, 1.165) is 19.3 Å². The van der Waals surface area contributed by atoms with E-state index in [1.165, 1.54) is 51.4 Å². The first-order valence-electron chi connectivity index (χ1n) is 11.4. The number of carbonyl (C=O) groups excluding carboxylic acids is 2. The summed E-state index contributed by atoms with van der Waals surface area (Å²) in [7, 11) is 0. The molecule has 0 aliphatic heterocycles. The van der Waals surface area contributed by atoms with Crippen molar-refractivity contribution in [2.45, 2.75) is 111 Å². The van der Waals surface area contributed by atoms with Crippen LogP contribution in [-0.2, 0) is 19.1 Å². The highest BCUT2D eigenvalue weighted by molar-refractivity contribution is 5.71. The predicted octanol–water partition coefficient (Wildman–Crippen LogP) is 6.77. The van der Waals surface area contributed by atoms with E-state index in [9.17, 15) is 9.59 Å². The summed E-state index contributed by atoms with van der Waals surface area (Å²) in [6.07, 6.45) is 17.6. The van der Waals surface area contributed by atoms with Crippen LogP contribution in [0.25, 0.3) is 0 Å². The molecule has 0 unspecified atom stereocenters. The molecule has 0 aromatic carbocycles. The van der Waals surface area contributed by atoms with Crippen molar-refractivity contribution in [3.63, 3.8) is 0 Å². The minimum Gasteiger partial charge on any atom is -0.465 e. The van der Waals surface area contributed by atoms with E-state index >= 15 is 0 Å². The zero-order valence-electron chi connectivity index (χ0n) is 18.9. The van der Waals surface area contributed by atoms with E-state index in [0.29, 0.717) is 12.8 Å². The lowest BCUT2D eigenvalue weighted by Gasteiger charge is -2.23. The monoisotopic (exact) mass is 396 g/mol. The van der Waals surface area contributed by atoms with Crippen molar-refractivity contribution < 1.29 is 19.1 Å². The van der Waals surface area contributed by atoms with Crippen LogP contribution >= 0.6 is 0 Å². The minimum atomic E-state index is -0.365. The molecule has 4 nitrogen and oxygen atoms in total. The van der Waals surface area contributed by atoms with Gasteiger partial charge in [-0.15, -0.1) is 0 Å². The molecule has 0 aliphatic carbocycles. The molecular formula is C24H44O4. The fourth-order valence-corrected chi connectivity index (χ4v) is 2.76. The van der Waals surface area contributed by atoms with Crippen molar-refractivity contribution in [3.05, 3.63) is 12.2 Å². The third kappa shape index (κ3) is 18.1. The quantitative estimate of drug-likeness (QED) is 0.146. The second-order valence-corrected chi connectivity index (χ2v) is 8.53. The Morgan fingerprint density at radius 1 is 0.714 bits per heavy atom. The molecule has 4 heteroatoms. The Bertz CT molecular complexity index is 426.